The molecule has 142 valence electrons. The van der Waals surface area contributed by atoms with Crippen LogP contribution in [0.2, 0.25) is 0 Å². The first-order valence-electron chi connectivity index (χ1n) is 7.66. The van der Waals surface area contributed by atoms with Gasteiger partial charge in [0.25, 0.3) is 5.97 Å². The van der Waals surface area contributed by atoms with Crippen molar-refractivity contribution >= 4 is 16.0 Å². The monoisotopic (exact) mass is 378 g/mol. The molecular weight excluding hydrogens is 355 g/mol. The van der Waals surface area contributed by atoms with Gasteiger partial charge in [-0.05, 0) is 12.1 Å². The summed E-state index contributed by atoms with van der Waals surface area (Å²) in [6, 6.07) is 5.88. The number of morpholine rings is 1. The van der Waals surface area contributed by atoms with Gasteiger partial charge in [-0.3, -0.25) is 4.79 Å². The summed E-state index contributed by atoms with van der Waals surface area (Å²) < 4.78 is 49.8. The van der Waals surface area contributed by atoms with E-state index >= 15 is 0 Å². The molecule has 1 aliphatic rings. The van der Waals surface area contributed by atoms with Crippen molar-refractivity contribution < 1.29 is 32.2 Å². The molecule has 1 unspecified atom stereocenters. The van der Waals surface area contributed by atoms with Crippen molar-refractivity contribution in [2.75, 3.05) is 38.6 Å². The maximum absolute atomic E-state index is 13.3. The Balaban J connectivity index is 0.000000705. The van der Waals surface area contributed by atoms with E-state index in [2.05, 4.69) is 10.0 Å². The molecule has 1 heterocycles. The van der Waals surface area contributed by atoms with Crippen molar-refractivity contribution in [3.05, 3.63) is 30.1 Å². The Bertz CT molecular complexity index is 631. The lowest BCUT2D eigenvalue weighted by molar-refractivity contribution is -0.134. The number of halogens is 1. The van der Waals surface area contributed by atoms with Crippen molar-refractivity contribution in [1.29, 1.82) is 0 Å². The summed E-state index contributed by atoms with van der Waals surface area (Å²) in [6.07, 6.45) is -0.166. The molecule has 8 nitrogen and oxygen atoms in total. The van der Waals surface area contributed by atoms with E-state index in [1.807, 2.05) is 0 Å². The van der Waals surface area contributed by atoms with Gasteiger partial charge >= 0.3 is 0 Å². The fourth-order valence-corrected chi connectivity index (χ4v) is 2.75. The SMILES string of the molecule is CC(=O)O.O=S(=O)(CCOc1ccccc1F)NCC1CNCCO1. The van der Waals surface area contributed by atoms with Gasteiger partial charge in [-0.2, -0.15) is 0 Å². The summed E-state index contributed by atoms with van der Waals surface area (Å²) in [5.74, 6) is -1.53. The number of carboxylic acids is 1. The lowest BCUT2D eigenvalue weighted by Gasteiger charge is -2.23. The fourth-order valence-electron chi connectivity index (χ4n) is 1.87. The summed E-state index contributed by atoms with van der Waals surface area (Å²) in [5, 5.41) is 10.5. The zero-order chi connectivity index (χ0) is 18.7. The largest absolute Gasteiger partial charge is 0.489 e. The van der Waals surface area contributed by atoms with Crippen LogP contribution in [0.3, 0.4) is 0 Å². The van der Waals surface area contributed by atoms with Crippen molar-refractivity contribution in [2.45, 2.75) is 13.0 Å². The molecule has 1 aromatic rings. The first-order chi connectivity index (χ1) is 11.8. The molecule has 25 heavy (non-hydrogen) atoms. The van der Waals surface area contributed by atoms with Gasteiger partial charge in [0.15, 0.2) is 11.6 Å². The molecule has 0 aliphatic carbocycles. The first-order valence-corrected chi connectivity index (χ1v) is 9.32. The van der Waals surface area contributed by atoms with Gasteiger partial charge in [0.1, 0.15) is 6.61 Å². The van der Waals surface area contributed by atoms with E-state index < -0.39 is 21.8 Å². The lowest BCUT2D eigenvalue weighted by Crippen LogP contribution is -2.45. The summed E-state index contributed by atoms with van der Waals surface area (Å²) in [5.41, 5.74) is 0. The third kappa shape index (κ3) is 9.97. The van der Waals surface area contributed by atoms with Crippen LogP contribution in [0.5, 0.6) is 5.75 Å². The average Bonchev–Trinajstić information content (AvgIpc) is 2.55. The second kappa shape index (κ2) is 11.0. The second-order valence-corrected chi connectivity index (χ2v) is 7.09. The number of carboxylic acid groups (broad SMARTS) is 1. The molecule has 1 aliphatic heterocycles. The van der Waals surface area contributed by atoms with Gasteiger partial charge < -0.3 is 19.9 Å². The highest BCUT2D eigenvalue weighted by atomic mass is 32.2. The third-order valence-electron chi connectivity index (χ3n) is 2.98. The maximum Gasteiger partial charge on any atom is 0.300 e. The van der Waals surface area contributed by atoms with Gasteiger partial charge in [-0.1, -0.05) is 12.1 Å². The Kier molecular flexibility index (Phi) is 9.35. The van der Waals surface area contributed by atoms with E-state index in [4.69, 9.17) is 19.4 Å². The van der Waals surface area contributed by atoms with E-state index in [1.165, 1.54) is 12.1 Å². The molecule has 0 amide bonds. The van der Waals surface area contributed by atoms with Crippen LogP contribution in [-0.4, -0.2) is 64.2 Å². The van der Waals surface area contributed by atoms with E-state index in [1.54, 1.807) is 12.1 Å². The van der Waals surface area contributed by atoms with Crippen molar-refractivity contribution in [1.82, 2.24) is 10.0 Å². The van der Waals surface area contributed by atoms with Crippen LogP contribution in [0, 0.1) is 5.82 Å². The molecule has 1 fully saturated rings. The number of aliphatic carboxylic acids is 1. The minimum atomic E-state index is -3.47. The van der Waals surface area contributed by atoms with Crippen LogP contribution >= 0.6 is 0 Å². The standard InChI is InChI=1S/C13H19FN2O4S.C2H4O2/c14-12-3-1-2-4-13(12)20-7-8-21(17,18)16-10-11-9-15-5-6-19-11;1-2(3)4/h1-4,11,15-16H,5-10H2;1H3,(H,3,4). The summed E-state index contributed by atoms with van der Waals surface area (Å²) in [4.78, 5) is 9.00. The number of hydrogen-bond donors (Lipinski definition) is 3. The predicted molar refractivity (Wildman–Crippen MR) is 89.6 cm³/mol. The number of ether oxygens (including phenoxy) is 2. The molecule has 0 aromatic heterocycles. The van der Waals surface area contributed by atoms with Crippen molar-refractivity contribution in [3.8, 4) is 5.75 Å². The Morgan fingerprint density at radius 3 is 2.76 bits per heavy atom. The molecule has 1 aromatic carbocycles. The highest BCUT2D eigenvalue weighted by Crippen LogP contribution is 2.15. The molecule has 1 atom stereocenters. The summed E-state index contributed by atoms with van der Waals surface area (Å²) >= 11 is 0. The summed E-state index contributed by atoms with van der Waals surface area (Å²) in [7, 11) is -3.47. The van der Waals surface area contributed by atoms with Crippen molar-refractivity contribution in [3.63, 3.8) is 0 Å². The van der Waals surface area contributed by atoms with Crippen LogP contribution in [0.25, 0.3) is 0 Å². The molecule has 0 saturated carbocycles. The number of benzene rings is 1. The van der Waals surface area contributed by atoms with E-state index in [0.717, 1.165) is 13.5 Å². The van der Waals surface area contributed by atoms with E-state index in [-0.39, 0.29) is 30.8 Å². The molecule has 0 radical (unpaired) electrons. The normalized spacial score (nSPS) is 17.3. The van der Waals surface area contributed by atoms with Crippen LogP contribution < -0.4 is 14.8 Å². The molecular formula is C15H23FN2O6S. The third-order valence-corrected chi connectivity index (χ3v) is 4.29. The predicted octanol–water partition coefficient (Wildman–Crippen LogP) is 0.203. The zero-order valence-electron chi connectivity index (χ0n) is 13.9. The van der Waals surface area contributed by atoms with Crippen LogP contribution in [0.4, 0.5) is 4.39 Å². The van der Waals surface area contributed by atoms with E-state index in [9.17, 15) is 12.8 Å². The van der Waals surface area contributed by atoms with Crippen LogP contribution in [-0.2, 0) is 19.6 Å². The minimum Gasteiger partial charge on any atom is -0.489 e. The fraction of sp³-hybridized carbons (Fsp3) is 0.533. The van der Waals surface area contributed by atoms with Gasteiger partial charge in [-0.25, -0.2) is 17.5 Å². The Labute approximate surface area is 146 Å². The minimum absolute atomic E-state index is 0.0486. The molecule has 1 saturated heterocycles. The smallest absolute Gasteiger partial charge is 0.300 e. The number of nitrogens with one attached hydrogen (secondary N) is 2. The number of hydrogen-bond acceptors (Lipinski definition) is 6. The first kappa shape index (κ1) is 21.3. The Morgan fingerprint density at radius 1 is 1.48 bits per heavy atom. The van der Waals surface area contributed by atoms with Crippen molar-refractivity contribution in [2.24, 2.45) is 0 Å². The Morgan fingerprint density at radius 2 is 2.16 bits per heavy atom. The molecule has 0 bridgehead atoms. The quantitative estimate of drug-likeness (QED) is 0.621. The van der Waals surface area contributed by atoms with Gasteiger partial charge in [0, 0.05) is 26.6 Å². The average molecular weight is 378 g/mol. The number of para-hydroxylation sites is 1. The topological polar surface area (TPSA) is 114 Å². The lowest BCUT2D eigenvalue weighted by atomic mass is 10.3. The van der Waals surface area contributed by atoms with Gasteiger partial charge in [-0.15, -0.1) is 0 Å². The number of rotatable bonds is 7. The highest BCUT2D eigenvalue weighted by molar-refractivity contribution is 7.89. The van der Waals surface area contributed by atoms with Crippen LogP contribution in [0.15, 0.2) is 24.3 Å². The number of carbonyl (C=O) groups is 1. The highest BCUT2D eigenvalue weighted by Gasteiger charge is 2.17. The molecule has 3 N–H and O–H groups in total. The maximum atomic E-state index is 13.3. The molecule has 2 rings (SSSR count). The molecule has 0 spiro atoms. The van der Waals surface area contributed by atoms with E-state index in [0.29, 0.717) is 13.2 Å². The zero-order valence-corrected chi connectivity index (χ0v) is 14.7. The molecule has 10 heteroatoms. The number of sulfonamides is 1. The van der Waals surface area contributed by atoms with Gasteiger partial charge in [0.05, 0.1) is 18.5 Å². The van der Waals surface area contributed by atoms with Gasteiger partial charge in [0.2, 0.25) is 10.0 Å². The Hall–Kier alpha value is -1.75. The second-order valence-electron chi connectivity index (χ2n) is 5.16. The summed E-state index contributed by atoms with van der Waals surface area (Å²) in [6.45, 7) is 3.16. The van der Waals surface area contributed by atoms with Crippen LogP contribution in [0.1, 0.15) is 6.92 Å².